The van der Waals surface area contributed by atoms with Gasteiger partial charge in [0.2, 0.25) is 0 Å². The number of ether oxygens (including phenoxy) is 2. The van der Waals surface area contributed by atoms with Crippen molar-refractivity contribution in [3.63, 3.8) is 0 Å². The van der Waals surface area contributed by atoms with Crippen molar-refractivity contribution >= 4 is 5.69 Å². The number of methoxy groups -OCH3 is 2. The average Bonchev–Trinajstić information content (AvgIpc) is 2.62. The third-order valence-corrected chi connectivity index (χ3v) is 4.81. The molecule has 1 fully saturated rings. The number of aryl methyl sites for hydroxylation is 1. The highest BCUT2D eigenvalue weighted by molar-refractivity contribution is 5.58. The van der Waals surface area contributed by atoms with Gasteiger partial charge in [-0.25, -0.2) is 0 Å². The highest BCUT2D eigenvalue weighted by Crippen LogP contribution is 2.27. The molecule has 0 atom stereocenters. The summed E-state index contributed by atoms with van der Waals surface area (Å²) >= 11 is 0. The van der Waals surface area contributed by atoms with Crippen LogP contribution in [0, 0.1) is 6.92 Å². The van der Waals surface area contributed by atoms with Crippen molar-refractivity contribution in [2.45, 2.75) is 13.5 Å². The summed E-state index contributed by atoms with van der Waals surface area (Å²) in [5.74, 6) is 1.93. The Labute approximate surface area is 144 Å². The second-order valence-electron chi connectivity index (χ2n) is 6.39. The Balaban J connectivity index is 1.60. The van der Waals surface area contributed by atoms with E-state index in [2.05, 4.69) is 42.2 Å². The van der Waals surface area contributed by atoms with E-state index in [-0.39, 0.29) is 0 Å². The largest absolute Gasteiger partial charge is 0.496 e. The molecule has 2 aromatic carbocycles. The molecule has 3 rings (SSSR count). The number of quaternary nitrogens is 1. The highest BCUT2D eigenvalue weighted by atomic mass is 16.5. The number of hydrogen-bond donors (Lipinski definition) is 1. The second kappa shape index (κ2) is 7.58. The fraction of sp³-hybridized carbons (Fsp3) is 0.400. The Morgan fingerprint density at radius 2 is 1.67 bits per heavy atom. The summed E-state index contributed by atoms with van der Waals surface area (Å²) in [6.45, 7) is 7.59. The minimum absolute atomic E-state index is 0.965. The molecule has 0 unspecified atom stereocenters. The number of nitrogens with zero attached hydrogens (tertiary/aromatic N) is 1. The van der Waals surface area contributed by atoms with Gasteiger partial charge in [-0.2, -0.15) is 0 Å². The van der Waals surface area contributed by atoms with Gasteiger partial charge in [0.25, 0.3) is 0 Å². The van der Waals surface area contributed by atoms with E-state index in [0.717, 1.165) is 44.2 Å². The van der Waals surface area contributed by atoms with E-state index in [9.17, 15) is 0 Å². The van der Waals surface area contributed by atoms with Gasteiger partial charge in [0.1, 0.15) is 18.0 Å². The van der Waals surface area contributed by atoms with Crippen LogP contribution in [0.4, 0.5) is 5.69 Å². The van der Waals surface area contributed by atoms with E-state index < -0.39 is 0 Å². The fourth-order valence-electron chi connectivity index (χ4n) is 3.47. The summed E-state index contributed by atoms with van der Waals surface area (Å²) in [5, 5.41) is 0. The maximum atomic E-state index is 5.50. The number of rotatable bonds is 5. The van der Waals surface area contributed by atoms with Gasteiger partial charge < -0.3 is 19.3 Å². The van der Waals surface area contributed by atoms with Gasteiger partial charge in [0, 0.05) is 5.56 Å². The fourth-order valence-corrected chi connectivity index (χ4v) is 3.47. The first-order valence-electron chi connectivity index (χ1n) is 8.56. The van der Waals surface area contributed by atoms with Crippen LogP contribution in [0.15, 0.2) is 42.5 Å². The molecule has 1 heterocycles. The lowest BCUT2D eigenvalue weighted by Gasteiger charge is -2.34. The van der Waals surface area contributed by atoms with E-state index in [1.54, 1.807) is 19.1 Å². The SMILES string of the molecule is COc1ccc(C[NH+]2CCN(c3ccccc3OC)CC2)cc1C. The Kier molecular flexibility index (Phi) is 5.26. The van der Waals surface area contributed by atoms with Crippen LogP contribution in [0.25, 0.3) is 0 Å². The second-order valence-corrected chi connectivity index (χ2v) is 6.39. The third-order valence-electron chi connectivity index (χ3n) is 4.81. The van der Waals surface area contributed by atoms with Crippen molar-refractivity contribution in [1.29, 1.82) is 0 Å². The standard InChI is InChI=1S/C20H26N2O2/c1-16-14-17(8-9-19(16)23-2)15-21-10-12-22(13-11-21)18-6-4-5-7-20(18)24-3/h4-9,14H,10-13,15H2,1-3H3/p+1. The van der Waals surface area contributed by atoms with Gasteiger partial charge in [-0.05, 0) is 42.8 Å². The van der Waals surface area contributed by atoms with Crippen molar-refractivity contribution < 1.29 is 14.4 Å². The van der Waals surface area contributed by atoms with Crippen molar-refractivity contribution in [2.24, 2.45) is 0 Å². The first-order chi connectivity index (χ1) is 11.7. The number of hydrogen-bond acceptors (Lipinski definition) is 3. The van der Waals surface area contributed by atoms with Crippen molar-refractivity contribution in [3.05, 3.63) is 53.6 Å². The van der Waals surface area contributed by atoms with E-state index in [4.69, 9.17) is 9.47 Å². The summed E-state index contributed by atoms with van der Waals surface area (Å²) < 4.78 is 10.8. The Hall–Kier alpha value is -2.20. The van der Waals surface area contributed by atoms with Gasteiger partial charge >= 0.3 is 0 Å². The van der Waals surface area contributed by atoms with Crippen LogP contribution in [0.1, 0.15) is 11.1 Å². The average molecular weight is 327 g/mol. The predicted octanol–water partition coefficient (Wildman–Crippen LogP) is 1.92. The molecule has 1 saturated heterocycles. The molecule has 0 radical (unpaired) electrons. The quantitative estimate of drug-likeness (QED) is 0.909. The molecule has 128 valence electrons. The van der Waals surface area contributed by atoms with Crippen LogP contribution < -0.4 is 19.3 Å². The van der Waals surface area contributed by atoms with Crippen LogP contribution in [0.3, 0.4) is 0 Å². The molecule has 0 aliphatic carbocycles. The molecular weight excluding hydrogens is 300 g/mol. The maximum absolute atomic E-state index is 5.50. The molecular formula is C20H27N2O2+. The van der Waals surface area contributed by atoms with Crippen LogP contribution in [0.2, 0.25) is 0 Å². The Bertz CT molecular complexity index is 679. The molecule has 0 spiro atoms. The number of nitrogens with one attached hydrogen (secondary N) is 1. The molecule has 0 saturated carbocycles. The summed E-state index contributed by atoms with van der Waals surface area (Å²) in [5.41, 5.74) is 3.80. The summed E-state index contributed by atoms with van der Waals surface area (Å²) in [7, 11) is 3.47. The van der Waals surface area contributed by atoms with Gasteiger partial charge in [-0.3, -0.25) is 0 Å². The van der Waals surface area contributed by atoms with Crippen molar-refractivity contribution in [2.75, 3.05) is 45.3 Å². The molecule has 4 nitrogen and oxygen atoms in total. The summed E-state index contributed by atoms with van der Waals surface area (Å²) in [6.07, 6.45) is 0. The van der Waals surface area contributed by atoms with E-state index in [1.165, 1.54) is 16.8 Å². The Morgan fingerprint density at radius 3 is 2.33 bits per heavy atom. The van der Waals surface area contributed by atoms with E-state index in [1.807, 2.05) is 12.1 Å². The third kappa shape index (κ3) is 3.65. The van der Waals surface area contributed by atoms with Crippen LogP contribution >= 0.6 is 0 Å². The van der Waals surface area contributed by atoms with Crippen molar-refractivity contribution in [1.82, 2.24) is 0 Å². The first-order valence-corrected chi connectivity index (χ1v) is 8.56. The monoisotopic (exact) mass is 327 g/mol. The number of benzene rings is 2. The van der Waals surface area contributed by atoms with Crippen LogP contribution in [0.5, 0.6) is 11.5 Å². The lowest BCUT2D eigenvalue weighted by atomic mass is 10.1. The molecule has 0 aromatic heterocycles. The topological polar surface area (TPSA) is 26.1 Å². The Morgan fingerprint density at radius 1 is 0.958 bits per heavy atom. The minimum Gasteiger partial charge on any atom is -0.496 e. The molecule has 2 aromatic rings. The number of para-hydroxylation sites is 2. The predicted molar refractivity (Wildman–Crippen MR) is 97.3 cm³/mol. The molecule has 0 bridgehead atoms. The number of anilines is 1. The smallest absolute Gasteiger partial charge is 0.142 e. The molecule has 24 heavy (non-hydrogen) atoms. The van der Waals surface area contributed by atoms with Crippen molar-refractivity contribution in [3.8, 4) is 11.5 Å². The molecule has 1 aliphatic heterocycles. The lowest BCUT2D eigenvalue weighted by Crippen LogP contribution is -3.13. The number of piperazine rings is 1. The van der Waals surface area contributed by atoms with Gasteiger partial charge in [-0.15, -0.1) is 0 Å². The van der Waals surface area contributed by atoms with Gasteiger partial charge in [0.15, 0.2) is 0 Å². The summed E-state index contributed by atoms with van der Waals surface area (Å²) in [4.78, 5) is 4.06. The zero-order valence-electron chi connectivity index (χ0n) is 14.8. The van der Waals surface area contributed by atoms with Crippen LogP contribution in [-0.4, -0.2) is 40.4 Å². The van der Waals surface area contributed by atoms with Gasteiger partial charge in [-0.1, -0.05) is 12.1 Å². The highest BCUT2D eigenvalue weighted by Gasteiger charge is 2.22. The molecule has 0 amide bonds. The zero-order chi connectivity index (χ0) is 16.9. The van der Waals surface area contributed by atoms with E-state index in [0.29, 0.717) is 0 Å². The molecule has 1 N–H and O–H groups in total. The van der Waals surface area contributed by atoms with Gasteiger partial charge in [0.05, 0.1) is 46.1 Å². The zero-order valence-corrected chi connectivity index (χ0v) is 14.8. The molecule has 1 aliphatic rings. The maximum Gasteiger partial charge on any atom is 0.142 e. The normalized spacial score (nSPS) is 15.4. The summed E-state index contributed by atoms with van der Waals surface area (Å²) in [6, 6.07) is 14.8. The molecule has 4 heteroatoms. The van der Waals surface area contributed by atoms with E-state index >= 15 is 0 Å². The minimum atomic E-state index is 0.965. The van der Waals surface area contributed by atoms with Crippen LogP contribution in [-0.2, 0) is 6.54 Å². The lowest BCUT2D eigenvalue weighted by molar-refractivity contribution is -0.914. The first kappa shape index (κ1) is 16.7.